The first-order valence-corrected chi connectivity index (χ1v) is 6.59. The van der Waals surface area contributed by atoms with E-state index in [4.69, 9.17) is 4.74 Å². The zero-order valence-electron chi connectivity index (χ0n) is 10.4. The molecule has 2 bridgehead atoms. The molecule has 0 aromatic carbocycles. The third kappa shape index (κ3) is 2.24. The summed E-state index contributed by atoms with van der Waals surface area (Å²) >= 11 is 0. The van der Waals surface area contributed by atoms with Crippen LogP contribution < -0.4 is 0 Å². The number of piperidine rings is 1. The van der Waals surface area contributed by atoms with Gasteiger partial charge in [0.25, 0.3) is 0 Å². The highest BCUT2D eigenvalue weighted by Gasteiger charge is 2.43. The molecule has 1 aliphatic heterocycles. The van der Waals surface area contributed by atoms with Crippen LogP contribution >= 0.6 is 0 Å². The van der Waals surface area contributed by atoms with Gasteiger partial charge in [0.05, 0.1) is 7.11 Å². The summed E-state index contributed by atoms with van der Waals surface area (Å²) in [5.41, 5.74) is 0. The summed E-state index contributed by atoms with van der Waals surface area (Å²) < 4.78 is 4.95. The van der Waals surface area contributed by atoms with Crippen LogP contribution in [0.2, 0.25) is 0 Å². The Hall–Kier alpha value is -0.570. The number of methoxy groups -OCH3 is 1. The highest BCUT2D eigenvalue weighted by atomic mass is 16.5. The first kappa shape index (κ1) is 11.9. The number of nitrogens with zero attached hydrogens (tertiary/aromatic N) is 1. The average Bonchev–Trinajstić information content (AvgIpc) is 2.91. The molecule has 1 aliphatic carbocycles. The van der Waals surface area contributed by atoms with Crippen LogP contribution in [-0.2, 0) is 9.53 Å². The Morgan fingerprint density at radius 2 is 2.31 bits per heavy atom. The fraction of sp³-hybridized carbons (Fsp3) is 0.923. The Balaban J connectivity index is 1.98. The Morgan fingerprint density at radius 1 is 1.50 bits per heavy atom. The summed E-state index contributed by atoms with van der Waals surface area (Å²) in [5.74, 6) is 0.819. The Morgan fingerprint density at radius 3 is 2.81 bits per heavy atom. The number of likely N-dealkylation sites (tertiary alicyclic amines) is 1. The van der Waals surface area contributed by atoms with Crippen LogP contribution in [0.15, 0.2) is 0 Å². The van der Waals surface area contributed by atoms with E-state index >= 15 is 0 Å². The number of carbonyl (C=O) groups excluding carboxylic acids is 1. The summed E-state index contributed by atoms with van der Waals surface area (Å²) in [6, 6.07) is 0.686. The number of unbranched alkanes of at least 4 members (excludes halogenated alkanes) is 1. The van der Waals surface area contributed by atoms with Crippen LogP contribution in [0.25, 0.3) is 0 Å². The van der Waals surface area contributed by atoms with Crippen molar-refractivity contribution >= 4 is 5.97 Å². The van der Waals surface area contributed by atoms with Gasteiger partial charge in [-0.25, -0.2) is 0 Å². The Bertz CT molecular complexity index is 254. The topological polar surface area (TPSA) is 29.5 Å². The maximum absolute atomic E-state index is 11.8. The van der Waals surface area contributed by atoms with Crippen molar-refractivity contribution in [3.05, 3.63) is 0 Å². The normalized spacial score (nSPS) is 30.6. The molecule has 0 spiro atoms. The summed E-state index contributed by atoms with van der Waals surface area (Å²) in [7, 11) is 1.51. The lowest BCUT2D eigenvalue weighted by atomic mass is 10.0. The van der Waals surface area contributed by atoms with Crippen molar-refractivity contribution in [1.82, 2.24) is 4.90 Å². The van der Waals surface area contributed by atoms with E-state index in [1.54, 1.807) is 0 Å². The molecule has 3 unspecified atom stereocenters. The predicted molar refractivity (Wildman–Crippen MR) is 63.2 cm³/mol. The molecule has 0 aromatic rings. The molecule has 0 aromatic heterocycles. The minimum atomic E-state index is -0.0269. The van der Waals surface area contributed by atoms with Crippen LogP contribution in [0.4, 0.5) is 0 Å². The average molecular weight is 225 g/mol. The van der Waals surface area contributed by atoms with Crippen molar-refractivity contribution < 1.29 is 9.53 Å². The van der Waals surface area contributed by atoms with Crippen molar-refractivity contribution in [1.29, 1.82) is 0 Å². The molecule has 3 heteroatoms. The van der Waals surface area contributed by atoms with Crippen LogP contribution in [-0.4, -0.2) is 36.6 Å². The second-order valence-electron chi connectivity index (χ2n) is 5.21. The molecule has 16 heavy (non-hydrogen) atoms. The molecule has 3 atom stereocenters. The lowest BCUT2D eigenvalue weighted by Crippen LogP contribution is -2.46. The minimum absolute atomic E-state index is 0.0269. The minimum Gasteiger partial charge on any atom is -0.468 e. The van der Waals surface area contributed by atoms with Gasteiger partial charge in [0.15, 0.2) is 0 Å². The summed E-state index contributed by atoms with van der Waals surface area (Å²) in [4.78, 5) is 14.2. The summed E-state index contributed by atoms with van der Waals surface area (Å²) in [6.45, 7) is 3.29. The lowest BCUT2D eigenvalue weighted by molar-refractivity contribution is -0.148. The zero-order valence-corrected chi connectivity index (χ0v) is 10.4. The van der Waals surface area contributed by atoms with E-state index in [9.17, 15) is 4.79 Å². The summed E-state index contributed by atoms with van der Waals surface area (Å²) in [6.07, 6.45) is 7.18. The standard InChI is InChI=1S/C13H23NO2/c1-3-4-5-12(13(15)16-2)14-9-10-6-7-11(14)8-10/h10-12H,3-9H2,1-2H3. The molecule has 3 nitrogen and oxygen atoms in total. The van der Waals surface area contributed by atoms with Gasteiger partial charge in [-0.15, -0.1) is 0 Å². The predicted octanol–water partition coefficient (Wildman–Crippen LogP) is 2.20. The number of fused-ring (bicyclic) bond motifs is 2. The second kappa shape index (κ2) is 5.17. The molecule has 1 saturated heterocycles. The number of esters is 1. The van der Waals surface area contributed by atoms with Gasteiger partial charge < -0.3 is 4.74 Å². The van der Waals surface area contributed by atoms with Crippen LogP contribution in [0.5, 0.6) is 0 Å². The number of rotatable bonds is 5. The molecule has 0 N–H and O–H groups in total. The molecule has 1 heterocycles. The zero-order chi connectivity index (χ0) is 11.5. The SMILES string of the molecule is CCCCC(C(=O)OC)N1CC2CCC1C2. The van der Waals surface area contributed by atoms with Crippen molar-refractivity contribution in [2.24, 2.45) is 5.92 Å². The molecular weight excluding hydrogens is 202 g/mol. The molecule has 2 fully saturated rings. The van der Waals surface area contributed by atoms with Gasteiger partial charge in [0, 0.05) is 12.6 Å². The van der Waals surface area contributed by atoms with Gasteiger partial charge in [-0.05, 0) is 31.6 Å². The second-order valence-corrected chi connectivity index (χ2v) is 5.21. The monoisotopic (exact) mass is 225 g/mol. The molecular formula is C13H23NO2. The number of hydrogen-bond acceptors (Lipinski definition) is 3. The molecule has 2 rings (SSSR count). The highest BCUT2D eigenvalue weighted by molar-refractivity contribution is 5.75. The van der Waals surface area contributed by atoms with E-state index in [1.807, 2.05) is 0 Å². The van der Waals surface area contributed by atoms with Gasteiger partial charge in [-0.3, -0.25) is 9.69 Å². The number of hydrogen-bond donors (Lipinski definition) is 0. The third-order valence-electron chi connectivity index (χ3n) is 4.16. The lowest BCUT2D eigenvalue weighted by Gasteiger charge is -2.33. The van der Waals surface area contributed by atoms with Crippen LogP contribution in [0.1, 0.15) is 45.4 Å². The van der Waals surface area contributed by atoms with Crippen LogP contribution in [0.3, 0.4) is 0 Å². The van der Waals surface area contributed by atoms with Gasteiger partial charge in [0.2, 0.25) is 0 Å². The first-order valence-electron chi connectivity index (χ1n) is 6.59. The smallest absolute Gasteiger partial charge is 0.323 e. The van der Waals surface area contributed by atoms with Crippen molar-refractivity contribution in [2.45, 2.75) is 57.5 Å². The van der Waals surface area contributed by atoms with Gasteiger partial charge in [-0.1, -0.05) is 19.8 Å². The van der Waals surface area contributed by atoms with E-state index in [1.165, 1.54) is 26.4 Å². The van der Waals surface area contributed by atoms with Crippen molar-refractivity contribution in [3.8, 4) is 0 Å². The Labute approximate surface area is 98.1 Å². The summed E-state index contributed by atoms with van der Waals surface area (Å²) in [5, 5.41) is 0. The van der Waals surface area contributed by atoms with E-state index in [0.29, 0.717) is 6.04 Å². The highest BCUT2D eigenvalue weighted by Crippen LogP contribution is 2.39. The molecule has 92 valence electrons. The van der Waals surface area contributed by atoms with Crippen molar-refractivity contribution in [2.75, 3.05) is 13.7 Å². The van der Waals surface area contributed by atoms with Crippen molar-refractivity contribution in [3.63, 3.8) is 0 Å². The van der Waals surface area contributed by atoms with Gasteiger partial charge >= 0.3 is 5.97 Å². The van der Waals surface area contributed by atoms with Gasteiger partial charge in [0.1, 0.15) is 6.04 Å². The quantitative estimate of drug-likeness (QED) is 0.672. The molecule has 1 saturated carbocycles. The fourth-order valence-corrected chi connectivity index (χ4v) is 3.30. The maximum Gasteiger partial charge on any atom is 0.323 e. The first-order chi connectivity index (χ1) is 7.76. The van der Waals surface area contributed by atoms with E-state index in [0.717, 1.165) is 31.7 Å². The molecule has 0 amide bonds. The van der Waals surface area contributed by atoms with E-state index in [2.05, 4.69) is 11.8 Å². The largest absolute Gasteiger partial charge is 0.468 e. The number of ether oxygens (including phenoxy) is 1. The van der Waals surface area contributed by atoms with E-state index < -0.39 is 0 Å². The maximum atomic E-state index is 11.8. The van der Waals surface area contributed by atoms with E-state index in [-0.39, 0.29) is 12.0 Å². The molecule has 2 aliphatic rings. The van der Waals surface area contributed by atoms with Crippen LogP contribution in [0, 0.1) is 5.92 Å². The third-order valence-corrected chi connectivity index (χ3v) is 4.16. The molecule has 0 radical (unpaired) electrons. The Kier molecular flexibility index (Phi) is 3.85. The van der Waals surface area contributed by atoms with Gasteiger partial charge in [-0.2, -0.15) is 0 Å². The number of carbonyl (C=O) groups is 1. The fourth-order valence-electron chi connectivity index (χ4n) is 3.30.